The summed E-state index contributed by atoms with van der Waals surface area (Å²) in [7, 11) is 14.4. The largest absolute Gasteiger partial charge is 0.495 e. The van der Waals surface area contributed by atoms with Gasteiger partial charge < -0.3 is 77.2 Å². The van der Waals surface area contributed by atoms with Crippen molar-refractivity contribution in [2.75, 3.05) is 77.9 Å². The average Bonchev–Trinajstić information content (AvgIpc) is 1.58. The number of ether oxygens (including phenoxy) is 10. The van der Waals surface area contributed by atoms with Crippen LogP contribution in [-0.4, -0.2) is 219 Å². The summed E-state index contributed by atoms with van der Waals surface area (Å²) in [6.07, 6.45) is 0.390. The second kappa shape index (κ2) is 32.8. The molecule has 16 atom stereocenters. The lowest BCUT2D eigenvalue weighted by atomic mass is 9.83. The third-order valence-electron chi connectivity index (χ3n) is 19.9. The number of nitrogens with one attached hydrogen (secondary N) is 2. The summed E-state index contributed by atoms with van der Waals surface area (Å²) < 4.78 is 59.2. The number of allylic oxidation sites excluding steroid dienone is 6. The van der Waals surface area contributed by atoms with Gasteiger partial charge in [-0.1, -0.05) is 106 Å². The Bertz CT molecular complexity index is 3340. The highest BCUT2D eigenvalue weighted by Crippen LogP contribution is 2.51. The van der Waals surface area contributed by atoms with E-state index in [1.165, 1.54) is 97.6 Å². The third-order valence-corrected chi connectivity index (χ3v) is 23.1. The minimum Gasteiger partial charge on any atom is -0.495 e. The van der Waals surface area contributed by atoms with Crippen LogP contribution in [0.25, 0.3) is 0 Å². The summed E-state index contributed by atoms with van der Waals surface area (Å²) in [6.45, 7) is 13.7. The molecular weight excluding hydrogens is 1380 g/mol. The number of fused-ring (bicyclic) bond motifs is 10. The second-order valence-corrected chi connectivity index (χ2v) is 30.4. The fourth-order valence-corrected chi connectivity index (χ4v) is 15.7. The van der Waals surface area contributed by atoms with Gasteiger partial charge in [-0.15, -0.1) is 0 Å². The van der Waals surface area contributed by atoms with Crippen molar-refractivity contribution in [1.29, 1.82) is 0 Å². The van der Waals surface area contributed by atoms with Gasteiger partial charge in [-0.25, -0.2) is 19.2 Å². The molecule has 8 bridgehead atoms. The molecule has 0 radical (unpaired) electrons. The standard InChI is InChI=1S/C70H94Cl2N6O20S2/c1-37-19-17-21-51(91-15)69(87)35-49(93-65(85)73-69)39(3)61-67(7,97-61)53(33-57(81)77(11)45-29-43(27-37)31-47(89-13)59(45)71)95-63(83)41(5)75(9)55(79)23-25-99-100-26-24-56(80)76(10)42(6)64(84)96-54-34-58(82)78(12)46-30-44(32-48(90-14)60(46)72)28-38(2)20-18-22-52(92-16)70(88)36-50(94-66(86)74-70)40(4)62-68(54,8)98-62/h17-22,29-32,39-42,49-54,61-62,87-88H,23-28,33-36H2,1-16H3,(H,73,85)(H,74,86)/b21-17+,22-18+,37-19+,38-20+/t39-,40-,41+,42+,49+,50+,51-,52-,53+,54+,61-,62-,67+,68+,69+,70+/m1/s1. The van der Waals surface area contributed by atoms with E-state index in [-0.39, 0.29) is 47.2 Å². The van der Waals surface area contributed by atoms with Gasteiger partial charge in [-0.05, 0) is 89.8 Å². The maximum absolute atomic E-state index is 14.5. The molecule has 6 aliphatic rings. The minimum atomic E-state index is -1.90. The Kier molecular flexibility index (Phi) is 25.9. The highest BCUT2D eigenvalue weighted by atomic mass is 35.5. The number of nitrogens with zero attached hydrogens (tertiary/aromatic N) is 4. The molecule has 6 heterocycles. The molecule has 2 aromatic carbocycles. The molecule has 4 N–H and O–H groups in total. The Morgan fingerprint density at radius 3 is 1.34 bits per heavy atom. The van der Waals surface area contributed by atoms with Crippen molar-refractivity contribution in [2.24, 2.45) is 11.8 Å². The first-order chi connectivity index (χ1) is 47.1. The first kappa shape index (κ1) is 79.1. The summed E-state index contributed by atoms with van der Waals surface area (Å²) in [6, 6.07) is 4.75. The Balaban J connectivity index is 0.887. The van der Waals surface area contributed by atoms with E-state index in [9.17, 15) is 48.6 Å². The summed E-state index contributed by atoms with van der Waals surface area (Å²) in [4.78, 5) is 117. The van der Waals surface area contributed by atoms with Gasteiger partial charge in [0.05, 0.1) is 50.6 Å². The van der Waals surface area contributed by atoms with E-state index in [0.29, 0.717) is 35.7 Å². The summed E-state index contributed by atoms with van der Waals surface area (Å²) in [5.74, 6) is -3.52. The molecule has 100 heavy (non-hydrogen) atoms. The van der Waals surface area contributed by atoms with E-state index >= 15 is 0 Å². The molecule has 6 aliphatic heterocycles. The monoisotopic (exact) mass is 1470 g/mol. The number of epoxide rings is 2. The number of alkyl carbamates (subject to hydrolysis) is 2. The molecule has 4 saturated heterocycles. The summed E-state index contributed by atoms with van der Waals surface area (Å²) in [5, 5.41) is 29.3. The number of anilines is 2. The van der Waals surface area contributed by atoms with Crippen LogP contribution in [0.15, 0.2) is 71.9 Å². The predicted octanol–water partition coefficient (Wildman–Crippen LogP) is 8.20. The van der Waals surface area contributed by atoms with Gasteiger partial charge in [0.15, 0.2) is 11.4 Å². The number of rotatable bonds is 17. The number of amides is 6. The number of aliphatic hydroxyl groups is 2. The van der Waals surface area contributed by atoms with Gasteiger partial charge in [-0.3, -0.25) is 29.8 Å². The Hall–Kier alpha value is -6.60. The fraction of sp³-hybridized carbons (Fsp3) is 0.600. The maximum atomic E-state index is 14.5. The van der Waals surface area contributed by atoms with E-state index in [4.69, 9.17) is 70.6 Å². The molecule has 0 aliphatic carbocycles. The van der Waals surface area contributed by atoms with Crippen LogP contribution in [0.1, 0.15) is 105 Å². The fourth-order valence-electron chi connectivity index (χ4n) is 13.2. The van der Waals surface area contributed by atoms with Crippen LogP contribution in [-0.2, 0) is 79.5 Å². The molecule has 26 nitrogen and oxygen atoms in total. The van der Waals surface area contributed by atoms with E-state index in [0.717, 1.165) is 22.3 Å². The SMILES string of the molecule is COc1cc2cc(c1Cl)N(C)C(=O)C[C@H](OC(=O)[C@H](C)N(C)C(=O)CCSSCCC(=O)N(C)[C@@H](C)C(=O)O[C@H]1CC(=O)N(C)c3cc(cc(OC)c3Cl)C/C(C)=C/C=C/[C@@H](OC)[C@@]3(O)C[C@H](OC(=O)N3)[C@@H](C)[C@H]3O[C@@]13C)[C@]1(C)O[C@@H]1[C@H](C)[C@@H]1C[C@@](O)(NC(=O)O1)[C@H](OC)/C=C/C=C(\C)C2. The molecule has 0 aromatic heterocycles. The number of esters is 2. The van der Waals surface area contributed by atoms with Crippen molar-refractivity contribution < 1.29 is 95.9 Å². The normalized spacial score (nSPS) is 32.5. The van der Waals surface area contributed by atoms with Crippen LogP contribution in [0.2, 0.25) is 10.0 Å². The molecule has 550 valence electrons. The number of methoxy groups -OCH3 is 4. The maximum Gasteiger partial charge on any atom is 0.409 e. The molecule has 2 aromatic rings. The highest BCUT2D eigenvalue weighted by Gasteiger charge is 2.66. The molecule has 6 amide bonds. The summed E-state index contributed by atoms with van der Waals surface area (Å²) in [5.41, 5.74) is -2.54. The molecular formula is C70H94Cl2N6O20S2. The zero-order valence-electron chi connectivity index (χ0n) is 59.4. The van der Waals surface area contributed by atoms with Gasteiger partial charge in [0, 0.05) is 91.4 Å². The lowest BCUT2D eigenvalue weighted by Gasteiger charge is -2.42. The topological polar surface area (TPSA) is 313 Å². The molecule has 0 unspecified atom stereocenters. The van der Waals surface area contributed by atoms with E-state index < -0.39 is 156 Å². The average molecular weight is 1470 g/mol. The minimum absolute atomic E-state index is 0.0149. The number of benzene rings is 2. The second-order valence-electron chi connectivity index (χ2n) is 27.0. The van der Waals surface area contributed by atoms with Crippen LogP contribution in [0.5, 0.6) is 11.5 Å². The Labute approximate surface area is 601 Å². The van der Waals surface area contributed by atoms with Gasteiger partial charge in [0.1, 0.15) is 81.5 Å². The van der Waals surface area contributed by atoms with Crippen molar-refractivity contribution in [3.05, 3.63) is 93.0 Å². The number of hydrogen-bond acceptors (Lipinski definition) is 22. The smallest absolute Gasteiger partial charge is 0.409 e. The van der Waals surface area contributed by atoms with Crippen LogP contribution < -0.4 is 29.9 Å². The third kappa shape index (κ3) is 17.9. The van der Waals surface area contributed by atoms with Crippen LogP contribution in [0.3, 0.4) is 0 Å². The van der Waals surface area contributed by atoms with Gasteiger partial charge in [-0.2, -0.15) is 0 Å². The molecule has 30 heteroatoms. The molecule has 0 saturated carbocycles. The zero-order valence-corrected chi connectivity index (χ0v) is 62.5. The van der Waals surface area contributed by atoms with Crippen molar-refractivity contribution in [3.8, 4) is 11.5 Å². The number of hydrogen-bond donors (Lipinski definition) is 4. The number of halogens is 2. The van der Waals surface area contributed by atoms with Crippen molar-refractivity contribution in [3.63, 3.8) is 0 Å². The van der Waals surface area contributed by atoms with E-state index in [1.54, 1.807) is 90.4 Å². The van der Waals surface area contributed by atoms with Crippen LogP contribution in [0.4, 0.5) is 21.0 Å². The highest BCUT2D eigenvalue weighted by molar-refractivity contribution is 8.76. The lowest BCUT2D eigenvalue weighted by molar-refractivity contribution is -0.162. The van der Waals surface area contributed by atoms with E-state index in [1.807, 2.05) is 26.0 Å². The van der Waals surface area contributed by atoms with Crippen molar-refractivity contribution >= 4 is 104 Å². The van der Waals surface area contributed by atoms with Gasteiger partial charge in [0.2, 0.25) is 23.6 Å². The van der Waals surface area contributed by atoms with E-state index in [2.05, 4.69) is 10.6 Å². The number of carbonyl (C=O) groups is 8. The first-order valence-electron chi connectivity index (χ1n) is 33.0. The quantitative estimate of drug-likeness (QED) is 0.0381. The molecule has 4 fully saturated rings. The first-order valence-corrected chi connectivity index (χ1v) is 36.3. The Morgan fingerprint density at radius 2 is 1.00 bits per heavy atom. The number of likely N-dealkylation sites (N-methyl/N-ethyl adjacent to an activating group) is 2. The Morgan fingerprint density at radius 1 is 0.640 bits per heavy atom. The predicted molar refractivity (Wildman–Crippen MR) is 376 cm³/mol. The van der Waals surface area contributed by atoms with Crippen LogP contribution in [0, 0.1) is 11.8 Å². The van der Waals surface area contributed by atoms with Gasteiger partial charge in [0.25, 0.3) is 0 Å². The zero-order chi connectivity index (χ0) is 73.7. The lowest BCUT2D eigenvalue weighted by Crippen LogP contribution is -2.63. The van der Waals surface area contributed by atoms with Crippen LogP contribution >= 0.6 is 44.8 Å². The molecule has 0 spiro atoms. The number of carbonyl (C=O) groups excluding carboxylic acids is 8. The van der Waals surface area contributed by atoms with Gasteiger partial charge >= 0.3 is 24.1 Å². The van der Waals surface area contributed by atoms with Crippen molar-refractivity contribution in [1.82, 2.24) is 20.4 Å². The van der Waals surface area contributed by atoms with Crippen molar-refractivity contribution in [2.45, 2.75) is 190 Å². The summed E-state index contributed by atoms with van der Waals surface area (Å²) >= 11 is 13.7. The molecule has 8 rings (SSSR count).